The van der Waals surface area contributed by atoms with E-state index in [0.717, 1.165) is 22.7 Å². The summed E-state index contributed by atoms with van der Waals surface area (Å²) in [5.74, 6) is 0.0727. The van der Waals surface area contributed by atoms with Crippen LogP contribution >= 0.6 is 11.3 Å². The molecule has 1 saturated heterocycles. The first kappa shape index (κ1) is 25.8. The van der Waals surface area contributed by atoms with Gasteiger partial charge in [0.15, 0.2) is 15.0 Å². The zero-order valence-corrected chi connectivity index (χ0v) is 21.8. The Balaban J connectivity index is 1.68. The van der Waals surface area contributed by atoms with E-state index in [4.69, 9.17) is 5.73 Å². The number of thiazole rings is 1. The number of β-amino-alcohol motifs (C(OH)–C–C–N with tert-alkyl or cyclic N) is 1. The minimum absolute atomic E-state index is 0.00202. The van der Waals surface area contributed by atoms with E-state index < -0.39 is 33.9 Å². The van der Waals surface area contributed by atoms with Gasteiger partial charge >= 0.3 is 6.03 Å². The number of carbonyl (C=O) groups is 2. The summed E-state index contributed by atoms with van der Waals surface area (Å²) in [7, 11) is -3.52. The van der Waals surface area contributed by atoms with Crippen LogP contribution in [-0.4, -0.2) is 69.8 Å². The van der Waals surface area contributed by atoms with Crippen molar-refractivity contribution in [3.63, 3.8) is 0 Å². The number of aromatic nitrogens is 3. The number of hydrogen-bond acceptors (Lipinski definition) is 8. The average Bonchev–Trinajstić information content (AvgIpc) is 3.51. The van der Waals surface area contributed by atoms with E-state index in [0.29, 0.717) is 22.9 Å². The van der Waals surface area contributed by atoms with Crippen molar-refractivity contribution < 1.29 is 23.1 Å². The quantitative estimate of drug-likeness (QED) is 0.420. The standard InChI is InChI=1S/C23H28N6O5S2/c1-4-5-19-25-8-9-28(19)16-10-14(6-7-18(16)36(3,33)34)20-13(2)26-22(35-20)27-23(32)29-12-15(30)11-17(29)21(24)31/h6-10,15,17,30H,4-5,11-12H2,1-3H3,(H2,24,31)(H,26,27,32)/t15-,17-/m0/s1. The van der Waals surface area contributed by atoms with Crippen molar-refractivity contribution in [3.8, 4) is 16.1 Å². The number of aliphatic hydroxyl groups is 1. The van der Waals surface area contributed by atoms with E-state index in [1.54, 1.807) is 42.1 Å². The fourth-order valence-corrected chi connectivity index (χ4v) is 6.12. The number of imidazole rings is 1. The van der Waals surface area contributed by atoms with Gasteiger partial charge in [0, 0.05) is 38.0 Å². The number of likely N-dealkylation sites (tertiary alicyclic amines) is 1. The molecule has 4 N–H and O–H groups in total. The first-order valence-corrected chi connectivity index (χ1v) is 14.1. The Labute approximate surface area is 212 Å². The lowest BCUT2D eigenvalue weighted by Crippen LogP contribution is -2.45. The molecule has 0 bridgehead atoms. The second-order valence-corrected chi connectivity index (χ2v) is 11.7. The van der Waals surface area contributed by atoms with E-state index in [2.05, 4.69) is 15.3 Å². The molecule has 1 fully saturated rings. The van der Waals surface area contributed by atoms with Gasteiger partial charge in [-0.2, -0.15) is 0 Å². The van der Waals surface area contributed by atoms with Crippen LogP contribution in [0.25, 0.3) is 16.1 Å². The van der Waals surface area contributed by atoms with Crippen molar-refractivity contribution in [3.05, 3.63) is 42.1 Å². The summed E-state index contributed by atoms with van der Waals surface area (Å²) in [6, 6.07) is 3.59. The minimum Gasteiger partial charge on any atom is -0.391 e. The number of sulfone groups is 1. The van der Waals surface area contributed by atoms with Crippen molar-refractivity contribution in [2.24, 2.45) is 5.73 Å². The summed E-state index contributed by atoms with van der Waals surface area (Å²) in [6.07, 6.45) is 5.36. The number of nitrogens with two attached hydrogens (primary N) is 1. The van der Waals surface area contributed by atoms with Crippen molar-refractivity contribution in [1.29, 1.82) is 0 Å². The Morgan fingerprint density at radius 2 is 2.08 bits per heavy atom. The van der Waals surface area contributed by atoms with Crippen molar-refractivity contribution in [2.45, 2.75) is 50.2 Å². The highest BCUT2D eigenvalue weighted by atomic mass is 32.2. The highest BCUT2D eigenvalue weighted by Crippen LogP contribution is 2.36. The molecule has 3 heterocycles. The molecule has 0 aliphatic carbocycles. The number of benzene rings is 1. The highest BCUT2D eigenvalue weighted by Gasteiger charge is 2.38. The number of rotatable bonds is 7. The molecule has 2 atom stereocenters. The number of nitrogens with zero attached hydrogens (tertiary/aromatic N) is 4. The summed E-state index contributed by atoms with van der Waals surface area (Å²) in [5.41, 5.74) is 7.24. The maximum Gasteiger partial charge on any atom is 0.324 e. The van der Waals surface area contributed by atoms with Crippen LogP contribution in [0.4, 0.5) is 9.93 Å². The third-order valence-electron chi connectivity index (χ3n) is 5.95. The van der Waals surface area contributed by atoms with E-state index >= 15 is 0 Å². The van der Waals surface area contributed by atoms with E-state index in [1.807, 2.05) is 6.92 Å². The lowest BCUT2D eigenvalue weighted by molar-refractivity contribution is -0.121. The van der Waals surface area contributed by atoms with Gasteiger partial charge in [-0.1, -0.05) is 24.3 Å². The number of nitrogens with one attached hydrogen (secondary N) is 1. The maximum atomic E-state index is 12.8. The van der Waals surface area contributed by atoms with Crippen LogP contribution in [0.1, 0.15) is 31.3 Å². The van der Waals surface area contributed by atoms with Gasteiger partial charge < -0.3 is 20.3 Å². The smallest absolute Gasteiger partial charge is 0.324 e. The third kappa shape index (κ3) is 5.13. The van der Waals surface area contributed by atoms with E-state index in [9.17, 15) is 23.1 Å². The molecule has 0 saturated carbocycles. The molecule has 1 aliphatic heterocycles. The number of aryl methyl sites for hydroxylation is 2. The molecule has 1 aromatic carbocycles. The normalized spacial score (nSPS) is 17.9. The second-order valence-electron chi connectivity index (χ2n) is 8.74. The molecule has 0 radical (unpaired) electrons. The molecule has 0 spiro atoms. The molecule has 11 nitrogen and oxygen atoms in total. The second kappa shape index (κ2) is 9.99. The number of aliphatic hydroxyl groups excluding tert-OH is 1. The molecule has 13 heteroatoms. The zero-order valence-electron chi connectivity index (χ0n) is 20.1. The van der Waals surface area contributed by atoms with Crippen LogP contribution in [0.15, 0.2) is 35.5 Å². The fourth-order valence-electron chi connectivity index (χ4n) is 4.31. The van der Waals surface area contributed by atoms with Gasteiger partial charge in [-0.15, -0.1) is 0 Å². The van der Waals surface area contributed by atoms with Gasteiger partial charge in [0.25, 0.3) is 0 Å². The SMILES string of the molecule is CCCc1nccn1-c1cc(-c2sc(NC(=O)N3C[C@@H](O)C[C@H]3C(N)=O)nc2C)ccc1S(C)(=O)=O. The van der Waals surface area contributed by atoms with Gasteiger partial charge in [0.05, 0.1) is 27.3 Å². The summed E-state index contributed by atoms with van der Waals surface area (Å²) in [6.45, 7) is 3.81. The first-order chi connectivity index (χ1) is 17.0. The largest absolute Gasteiger partial charge is 0.391 e. The highest BCUT2D eigenvalue weighted by molar-refractivity contribution is 7.90. The Bertz CT molecular complexity index is 1410. The monoisotopic (exact) mass is 532 g/mol. The molecule has 4 rings (SSSR count). The Morgan fingerprint density at radius 3 is 2.75 bits per heavy atom. The van der Waals surface area contributed by atoms with Gasteiger partial charge in [-0.3, -0.25) is 10.1 Å². The van der Waals surface area contributed by atoms with Crippen LogP contribution in [0.5, 0.6) is 0 Å². The summed E-state index contributed by atoms with van der Waals surface area (Å²) < 4.78 is 26.9. The third-order valence-corrected chi connectivity index (χ3v) is 8.22. The molecule has 192 valence electrons. The molecular weight excluding hydrogens is 504 g/mol. The van der Waals surface area contributed by atoms with Gasteiger partial charge in [-0.05, 0) is 31.0 Å². The lowest BCUT2D eigenvalue weighted by Gasteiger charge is -2.21. The molecule has 1 aliphatic rings. The van der Waals surface area contributed by atoms with Crippen molar-refractivity contribution in [1.82, 2.24) is 19.4 Å². The topological polar surface area (TPSA) is 161 Å². The van der Waals surface area contributed by atoms with Gasteiger partial charge in [0.1, 0.15) is 11.9 Å². The Hall–Kier alpha value is -3.29. The predicted octanol–water partition coefficient (Wildman–Crippen LogP) is 2.11. The molecule has 3 amide bonds. The lowest BCUT2D eigenvalue weighted by atomic mass is 10.1. The number of primary amides is 1. The molecule has 2 aromatic heterocycles. The maximum absolute atomic E-state index is 12.8. The van der Waals surface area contributed by atoms with Crippen molar-refractivity contribution >= 4 is 38.2 Å². The molecule has 0 unspecified atom stereocenters. The van der Waals surface area contributed by atoms with Crippen LogP contribution in [0.3, 0.4) is 0 Å². The first-order valence-electron chi connectivity index (χ1n) is 11.4. The van der Waals surface area contributed by atoms with Crippen LogP contribution in [0.2, 0.25) is 0 Å². The Morgan fingerprint density at radius 1 is 1.33 bits per heavy atom. The number of hydrogen-bond donors (Lipinski definition) is 3. The Kier molecular flexibility index (Phi) is 7.16. The van der Waals surface area contributed by atoms with Crippen LogP contribution in [-0.2, 0) is 21.1 Å². The number of urea groups is 1. The molecular formula is C23H28N6O5S2. The van der Waals surface area contributed by atoms with Crippen molar-refractivity contribution in [2.75, 3.05) is 18.1 Å². The van der Waals surface area contributed by atoms with E-state index in [-0.39, 0.29) is 17.9 Å². The minimum atomic E-state index is -3.52. The number of anilines is 1. The molecule has 36 heavy (non-hydrogen) atoms. The summed E-state index contributed by atoms with van der Waals surface area (Å²) in [5, 5.41) is 12.9. The van der Waals surface area contributed by atoms with Gasteiger partial charge in [0.2, 0.25) is 5.91 Å². The summed E-state index contributed by atoms with van der Waals surface area (Å²) in [4.78, 5) is 35.4. The van der Waals surface area contributed by atoms with Crippen LogP contribution in [0, 0.1) is 6.92 Å². The number of amides is 3. The van der Waals surface area contributed by atoms with E-state index in [1.165, 1.54) is 22.5 Å². The fraction of sp³-hybridized carbons (Fsp3) is 0.391. The van der Waals surface area contributed by atoms with Gasteiger partial charge in [-0.25, -0.2) is 23.2 Å². The molecule has 3 aromatic rings. The summed E-state index contributed by atoms with van der Waals surface area (Å²) >= 11 is 1.22. The zero-order chi connectivity index (χ0) is 26.2. The number of carbonyl (C=O) groups excluding carboxylic acids is 2. The van der Waals surface area contributed by atoms with Crippen LogP contribution < -0.4 is 11.1 Å². The predicted molar refractivity (Wildman–Crippen MR) is 136 cm³/mol. The average molecular weight is 533 g/mol.